The summed E-state index contributed by atoms with van der Waals surface area (Å²) in [4.78, 5) is 10.9. The molecule has 3 nitrogen and oxygen atoms in total. The maximum atomic E-state index is 12.6. The number of amides is 1. The van der Waals surface area contributed by atoms with E-state index in [1.54, 1.807) is 0 Å². The number of hydrogen-bond donors (Lipinski definition) is 2. The highest BCUT2D eigenvalue weighted by atomic mass is 19.2. The monoisotopic (exact) mass is 207 g/mol. The van der Waals surface area contributed by atoms with Crippen LogP contribution < -0.4 is 5.32 Å². The number of aliphatic hydroxyl groups excluding tert-OH is 1. The fraction of sp³-hybridized carbons (Fsp3) is 0.667. The van der Waals surface area contributed by atoms with Crippen LogP contribution in [0.2, 0.25) is 0 Å². The Morgan fingerprint density at radius 2 is 2.00 bits per heavy atom. The minimum absolute atomic E-state index is 0.0632. The summed E-state index contributed by atoms with van der Waals surface area (Å²) >= 11 is 0. The quantitative estimate of drug-likeness (QED) is 0.647. The lowest BCUT2D eigenvalue weighted by atomic mass is 10.3. The topological polar surface area (TPSA) is 49.3 Å². The van der Waals surface area contributed by atoms with Gasteiger partial charge in [-0.15, -0.1) is 0 Å². The van der Waals surface area contributed by atoms with Crippen molar-refractivity contribution in [1.29, 1.82) is 0 Å². The molecule has 0 saturated heterocycles. The Hall–Kier alpha value is -0.970. The molecule has 0 radical (unpaired) electrons. The van der Waals surface area contributed by atoms with Crippen molar-refractivity contribution in [3.63, 3.8) is 0 Å². The molecule has 0 aromatic rings. The molecule has 0 aromatic carbocycles. The molecule has 0 aliphatic rings. The number of unbranched alkanes of at least 4 members (excludes halogenated alkanes) is 1. The van der Waals surface area contributed by atoms with Crippen LogP contribution >= 0.6 is 0 Å². The van der Waals surface area contributed by atoms with E-state index in [9.17, 15) is 13.6 Å². The second-order valence-corrected chi connectivity index (χ2v) is 2.90. The SMILES string of the molecule is C/C(F)=C(/F)CC(=O)NCCCCO. The smallest absolute Gasteiger partial charge is 0.226 e. The Balaban J connectivity index is 3.61. The van der Waals surface area contributed by atoms with Crippen molar-refractivity contribution in [3.05, 3.63) is 11.7 Å². The average molecular weight is 207 g/mol. The summed E-state index contributed by atoms with van der Waals surface area (Å²) in [5.74, 6) is -2.54. The summed E-state index contributed by atoms with van der Waals surface area (Å²) < 4.78 is 24.7. The largest absolute Gasteiger partial charge is 0.396 e. The number of hydrogen-bond acceptors (Lipinski definition) is 2. The van der Waals surface area contributed by atoms with E-state index >= 15 is 0 Å². The molecule has 1 amide bonds. The van der Waals surface area contributed by atoms with E-state index in [2.05, 4.69) is 5.32 Å². The molecule has 0 unspecified atom stereocenters. The lowest BCUT2D eigenvalue weighted by Crippen LogP contribution is -2.24. The third-order valence-electron chi connectivity index (χ3n) is 1.60. The maximum absolute atomic E-state index is 12.6. The predicted molar refractivity (Wildman–Crippen MR) is 48.9 cm³/mol. The van der Waals surface area contributed by atoms with Crippen molar-refractivity contribution in [1.82, 2.24) is 5.32 Å². The van der Waals surface area contributed by atoms with Gasteiger partial charge in [-0.2, -0.15) is 0 Å². The van der Waals surface area contributed by atoms with Crippen molar-refractivity contribution >= 4 is 5.91 Å². The van der Waals surface area contributed by atoms with E-state index in [4.69, 9.17) is 5.11 Å². The van der Waals surface area contributed by atoms with Gasteiger partial charge >= 0.3 is 0 Å². The summed E-state index contributed by atoms with van der Waals surface area (Å²) in [5.41, 5.74) is 0. The molecule has 0 aromatic heterocycles. The fourth-order valence-corrected chi connectivity index (χ4v) is 0.790. The number of rotatable bonds is 6. The van der Waals surface area contributed by atoms with Gasteiger partial charge in [-0.25, -0.2) is 8.78 Å². The Labute approximate surface area is 81.8 Å². The Morgan fingerprint density at radius 3 is 2.50 bits per heavy atom. The van der Waals surface area contributed by atoms with E-state index < -0.39 is 24.0 Å². The number of nitrogens with one attached hydrogen (secondary N) is 1. The van der Waals surface area contributed by atoms with Crippen LogP contribution in [-0.2, 0) is 4.79 Å². The highest BCUT2D eigenvalue weighted by molar-refractivity contribution is 5.78. The Morgan fingerprint density at radius 1 is 1.36 bits per heavy atom. The number of carbonyl (C=O) groups excluding carboxylic acids is 1. The maximum Gasteiger partial charge on any atom is 0.226 e. The van der Waals surface area contributed by atoms with E-state index in [-0.39, 0.29) is 6.61 Å². The van der Waals surface area contributed by atoms with Crippen molar-refractivity contribution < 1.29 is 18.7 Å². The average Bonchev–Trinajstić information content (AvgIpc) is 2.12. The van der Waals surface area contributed by atoms with Crippen molar-refractivity contribution in [2.75, 3.05) is 13.2 Å². The first-order chi connectivity index (χ1) is 6.57. The van der Waals surface area contributed by atoms with Crippen LogP contribution in [0, 0.1) is 0 Å². The van der Waals surface area contributed by atoms with Gasteiger partial charge in [0.2, 0.25) is 5.91 Å². The van der Waals surface area contributed by atoms with Crippen molar-refractivity contribution in [2.45, 2.75) is 26.2 Å². The van der Waals surface area contributed by atoms with Gasteiger partial charge in [-0.3, -0.25) is 4.79 Å². The summed E-state index contributed by atoms with van der Waals surface area (Å²) in [7, 11) is 0. The first kappa shape index (κ1) is 13.0. The molecule has 0 rings (SSSR count). The van der Waals surface area contributed by atoms with Gasteiger partial charge in [0.25, 0.3) is 0 Å². The fourth-order valence-electron chi connectivity index (χ4n) is 0.790. The van der Waals surface area contributed by atoms with Gasteiger partial charge in [0, 0.05) is 13.2 Å². The number of halogens is 2. The number of allylic oxidation sites excluding steroid dienone is 1. The van der Waals surface area contributed by atoms with Gasteiger partial charge in [-0.05, 0) is 19.8 Å². The number of carbonyl (C=O) groups is 1. The highest BCUT2D eigenvalue weighted by Gasteiger charge is 2.07. The summed E-state index contributed by atoms with van der Waals surface area (Å²) in [6, 6.07) is 0. The Kier molecular flexibility index (Phi) is 6.92. The molecule has 14 heavy (non-hydrogen) atoms. The van der Waals surface area contributed by atoms with E-state index in [1.165, 1.54) is 0 Å². The van der Waals surface area contributed by atoms with Gasteiger partial charge in [0.1, 0.15) is 11.7 Å². The minimum atomic E-state index is -1.04. The molecule has 5 heteroatoms. The second kappa shape index (κ2) is 7.44. The molecule has 0 spiro atoms. The van der Waals surface area contributed by atoms with Crippen LogP contribution in [0.25, 0.3) is 0 Å². The van der Waals surface area contributed by atoms with Crippen LogP contribution in [0.1, 0.15) is 26.2 Å². The van der Waals surface area contributed by atoms with Crippen LogP contribution in [-0.4, -0.2) is 24.2 Å². The van der Waals surface area contributed by atoms with Crippen molar-refractivity contribution in [3.8, 4) is 0 Å². The van der Waals surface area contributed by atoms with Gasteiger partial charge in [0.15, 0.2) is 0 Å². The Bertz CT molecular complexity index is 213. The van der Waals surface area contributed by atoms with Gasteiger partial charge < -0.3 is 10.4 Å². The van der Waals surface area contributed by atoms with Gasteiger partial charge in [-0.1, -0.05) is 0 Å². The van der Waals surface area contributed by atoms with Crippen LogP contribution in [0.5, 0.6) is 0 Å². The van der Waals surface area contributed by atoms with Gasteiger partial charge in [0.05, 0.1) is 6.42 Å². The standard InChI is InChI=1S/C9H15F2NO2/c1-7(10)8(11)6-9(14)12-4-2-3-5-13/h13H,2-6H2,1H3,(H,12,14)/b8-7-. The third-order valence-corrected chi connectivity index (χ3v) is 1.60. The van der Waals surface area contributed by atoms with E-state index in [0.29, 0.717) is 19.4 Å². The molecular formula is C9H15F2NO2. The zero-order valence-electron chi connectivity index (χ0n) is 8.15. The lowest BCUT2D eigenvalue weighted by molar-refractivity contribution is -0.120. The number of aliphatic hydroxyl groups is 1. The van der Waals surface area contributed by atoms with Crippen LogP contribution in [0.4, 0.5) is 8.78 Å². The zero-order valence-corrected chi connectivity index (χ0v) is 8.15. The molecule has 0 aliphatic heterocycles. The van der Waals surface area contributed by atoms with E-state index in [0.717, 1.165) is 6.92 Å². The predicted octanol–water partition coefficient (Wildman–Crippen LogP) is 1.44. The molecular weight excluding hydrogens is 192 g/mol. The molecule has 0 fully saturated rings. The first-order valence-electron chi connectivity index (χ1n) is 4.46. The third kappa shape index (κ3) is 6.54. The molecule has 0 heterocycles. The van der Waals surface area contributed by atoms with E-state index in [1.807, 2.05) is 0 Å². The highest BCUT2D eigenvalue weighted by Crippen LogP contribution is 2.10. The molecule has 2 N–H and O–H groups in total. The van der Waals surface area contributed by atoms with Crippen molar-refractivity contribution in [2.24, 2.45) is 0 Å². The minimum Gasteiger partial charge on any atom is -0.396 e. The summed E-state index contributed by atoms with van der Waals surface area (Å²) in [6.07, 6.45) is 0.657. The summed E-state index contributed by atoms with van der Waals surface area (Å²) in [5, 5.41) is 10.8. The first-order valence-corrected chi connectivity index (χ1v) is 4.46. The zero-order chi connectivity index (χ0) is 11.0. The lowest BCUT2D eigenvalue weighted by Gasteiger charge is -2.02. The molecule has 0 saturated carbocycles. The van der Waals surface area contributed by atoms with Crippen LogP contribution in [0.15, 0.2) is 11.7 Å². The molecule has 0 aliphatic carbocycles. The molecule has 0 atom stereocenters. The molecule has 82 valence electrons. The van der Waals surface area contributed by atoms with Crippen LogP contribution in [0.3, 0.4) is 0 Å². The molecule has 0 bridgehead atoms. The summed E-state index contributed by atoms with van der Waals surface area (Å²) in [6.45, 7) is 1.40. The second-order valence-electron chi connectivity index (χ2n) is 2.90. The normalized spacial score (nSPS) is 12.3.